The maximum atomic E-state index is 11.6. The number of hydrogen-bond acceptors (Lipinski definition) is 3. The lowest BCUT2D eigenvalue weighted by atomic mass is 10.0. The summed E-state index contributed by atoms with van der Waals surface area (Å²) in [6.45, 7) is 5.55. The van der Waals surface area contributed by atoms with Crippen LogP contribution in [0.15, 0.2) is 18.7 Å². The summed E-state index contributed by atoms with van der Waals surface area (Å²) >= 11 is 0. The monoisotopic (exact) mass is 252 g/mol. The zero-order valence-corrected chi connectivity index (χ0v) is 11.5. The minimum atomic E-state index is -0.112. The Morgan fingerprint density at radius 1 is 1.44 bits per heavy atom. The van der Waals surface area contributed by atoms with Crippen LogP contribution in [0.25, 0.3) is 0 Å². The Morgan fingerprint density at radius 3 is 2.89 bits per heavy atom. The molecule has 18 heavy (non-hydrogen) atoms. The van der Waals surface area contributed by atoms with Gasteiger partial charge in [0.15, 0.2) is 0 Å². The number of nitrogens with zero attached hydrogens (tertiary/aromatic N) is 2. The van der Waals surface area contributed by atoms with Crippen LogP contribution in [0.4, 0.5) is 0 Å². The molecule has 0 aliphatic heterocycles. The molecule has 1 rings (SSSR count). The molecule has 0 saturated heterocycles. The Kier molecular flexibility index (Phi) is 7.14. The summed E-state index contributed by atoms with van der Waals surface area (Å²) in [5, 5.41) is 0. The van der Waals surface area contributed by atoms with E-state index in [1.54, 1.807) is 12.5 Å². The lowest BCUT2D eigenvalue weighted by Crippen LogP contribution is -2.15. The highest BCUT2D eigenvalue weighted by atomic mass is 16.5. The first-order chi connectivity index (χ1) is 8.76. The Balaban J connectivity index is 2.15. The summed E-state index contributed by atoms with van der Waals surface area (Å²) in [6.07, 6.45) is 10.3. The van der Waals surface area contributed by atoms with Gasteiger partial charge < -0.3 is 9.30 Å². The third-order valence-corrected chi connectivity index (χ3v) is 3.16. The lowest BCUT2D eigenvalue weighted by Gasteiger charge is -2.14. The number of aromatic nitrogens is 2. The van der Waals surface area contributed by atoms with Crippen molar-refractivity contribution in [3.05, 3.63) is 18.7 Å². The van der Waals surface area contributed by atoms with E-state index in [0.29, 0.717) is 25.5 Å². The molecular formula is C14H24N2O2. The van der Waals surface area contributed by atoms with Crippen LogP contribution in [-0.2, 0) is 16.1 Å². The average Bonchev–Trinajstić information content (AvgIpc) is 2.89. The van der Waals surface area contributed by atoms with Crippen molar-refractivity contribution in [1.82, 2.24) is 9.55 Å². The summed E-state index contributed by atoms with van der Waals surface area (Å²) in [5.74, 6) is 0.404. The van der Waals surface area contributed by atoms with Gasteiger partial charge in [-0.15, -0.1) is 0 Å². The first-order valence-corrected chi connectivity index (χ1v) is 6.87. The van der Waals surface area contributed by atoms with E-state index in [1.165, 1.54) is 12.8 Å². The summed E-state index contributed by atoms with van der Waals surface area (Å²) in [5.41, 5.74) is 0. The van der Waals surface area contributed by atoms with Gasteiger partial charge >= 0.3 is 5.97 Å². The number of carbonyl (C=O) groups excluding carboxylic acids is 1. The maximum Gasteiger partial charge on any atom is 0.307 e. The molecule has 1 atom stereocenters. The van der Waals surface area contributed by atoms with E-state index < -0.39 is 0 Å². The standard InChI is InChI=1S/C14H24N2O2/c1-3-5-6-13(4-2)11-18-14(17)7-9-16-10-8-15-12-16/h8,10,12-13H,3-7,9,11H2,1-2H3. The predicted molar refractivity (Wildman–Crippen MR) is 71.1 cm³/mol. The number of ether oxygens (including phenoxy) is 1. The second-order valence-corrected chi connectivity index (χ2v) is 4.65. The van der Waals surface area contributed by atoms with E-state index >= 15 is 0 Å². The second-order valence-electron chi connectivity index (χ2n) is 4.65. The molecule has 0 radical (unpaired) electrons. The number of imidazole rings is 1. The molecule has 1 aromatic rings. The minimum Gasteiger partial charge on any atom is -0.465 e. The molecule has 0 amide bonds. The van der Waals surface area contributed by atoms with Gasteiger partial charge in [-0.3, -0.25) is 4.79 Å². The van der Waals surface area contributed by atoms with Gasteiger partial charge in [-0.2, -0.15) is 0 Å². The highest BCUT2D eigenvalue weighted by Crippen LogP contribution is 2.13. The third-order valence-electron chi connectivity index (χ3n) is 3.16. The van der Waals surface area contributed by atoms with Crippen LogP contribution in [0.3, 0.4) is 0 Å². The smallest absolute Gasteiger partial charge is 0.307 e. The van der Waals surface area contributed by atoms with Gasteiger partial charge in [0.05, 0.1) is 19.4 Å². The molecule has 1 aromatic heterocycles. The predicted octanol–water partition coefficient (Wildman–Crippen LogP) is 3.03. The number of carbonyl (C=O) groups is 1. The van der Waals surface area contributed by atoms with Crippen LogP contribution in [-0.4, -0.2) is 22.1 Å². The maximum absolute atomic E-state index is 11.6. The van der Waals surface area contributed by atoms with Gasteiger partial charge in [-0.05, 0) is 12.3 Å². The fraction of sp³-hybridized carbons (Fsp3) is 0.714. The van der Waals surface area contributed by atoms with E-state index in [0.717, 1.165) is 12.8 Å². The van der Waals surface area contributed by atoms with Crippen molar-refractivity contribution in [2.24, 2.45) is 5.92 Å². The second kappa shape index (κ2) is 8.72. The van der Waals surface area contributed by atoms with Crippen molar-refractivity contribution < 1.29 is 9.53 Å². The van der Waals surface area contributed by atoms with E-state index in [2.05, 4.69) is 18.8 Å². The highest BCUT2D eigenvalue weighted by molar-refractivity contribution is 5.69. The van der Waals surface area contributed by atoms with E-state index in [9.17, 15) is 4.79 Å². The number of hydrogen-bond donors (Lipinski definition) is 0. The van der Waals surface area contributed by atoms with Crippen LogP contribution in [0, 0.1) is 5.92 Å². The number of rotatable bonds is 9. The summed E-state index contributed by atoms with van der Waals surface area (Å²) in [6, 6.07) is 0. The molecule has 0 N–H and O–H groups in total. The molecule has 0 aliphatic rings. The van der Waals surface area contributed by atoms with Gasteiger partial charge in [-0.1, -0.05) is 33.1 Å². The summed E-state index contributed by atoms with van der Waals surface area (Å²) in [4.78, 5) is 15.5. The van der Waals surface area contributed by atoms with E-state index in [4.69, 9.17) is 4.74 Å². The van der Waals surface area contributed by atoms with Crippen LogP contribution in [0.1, 0.15) is 46.0 Å². The van der Waals surface area contributed by atoms with Crippen molar-refractivity contribution >= 4 is 5.97 Å². The number of esters is 1. The van der Waals surface area contributed by atoms with E-state index in [1.807, 2.05) is 10.8 Å². The number of unbranched alkanes of at least 4 members (excludes halogenated alkanes) is 1. The fourth-order valence-corrected chi connectivity index (χ4v) is 1.82. The molecule has 0 aromatic carbocycles. The van der Waals surface area contributed by atoms with Gasteiger partial charge in [0, 0.05) is 18.9 Å². The summed E-state index contributed by atoms with van der Waals surface area (Å²) in [7, 11) is 0. The largest absolute Gasteiger partial charge is 0.465 e. The Bertz CT molecular complexity index is 323. The quantitative estimate of drug-likeness (QED) is 0.634. The van der Waals surface area contributed by atoms with Crippen molar-refractivity contribution in [3.63, 3.8) is 0 Å². The molecule has 4 nitrogen and oxygen atoms in total. The first kappa shape index (κ1) is 14.7. The van der Waals surface area contributed by atoms with Crippen LogP contribution in [0.5, 0.6) is 0 Å². The normalized spacial score (nSPS) is 12.3. The van der Waals surface area contributed by atoms with Crippen molar-refractivity contribution in [2.45, 2.75) is 52.5 Å². The molecule has 0 fully saturated rings. The van der Waals surface area contributed by atoms with Crippen molar-refractivity contribution in [3.8, 4) is 0 Å². The van der Waals surface area contributed by atoms with Gasteiger partial charge in [0.1, 0.15) is 0 Å². The molecule has 102 valence electrons. The molecule has 4 heteroatoms. The summed E-state index contributed by atoms with van der Waals surface area (Å²) < 4.78 is 7.20. The lowest BCUT2D eigenvalue weighted by molar-refractivity contribution is -0.145. The Morgan fingerprint density at radius 2 is 2.28 bits per heavy atom. The van der Waals surface area contributed by atoms with Gasteiger partial charge in [-0.25, -0.2) is 4.98 Å². The fourth-order valence-electron chi connectivity index (χ4n) is 1.82. The van der Waals surface area contributed by atoms with Crippen molar-refractivity contribution in [2.75, 3.05) is 6.61 Å². The van der Waals surface area contributed by atoms with Crippen LogP contribution < -0.4 is 0 Å². The number of aryl methyl sites for hydroxylation is 1. The molecule has 1 heterocycles. The third kappa shape index (κ3) is 5.84. The molecule has 0 aliphatic carbocycles. The van der Waals surface area contributed by atoms with Gasteiger partial charge in [0.2, 0.25) is 0 Å². The van der Waals surface area contributed by atoms with Crippen molar-refractivity contribution in [1.29, 1.82) is 0 Å². The molecule has 0 bridgehead atoms. The van der Waals surface area contributed by atoms with Gasteiger partial charge in [0.25, 0.3) is 0 Å². The molecular weight excluding hydrogens is 228 g/mol. The average molecular weight is 252 g/mol. The SMILES string of the molecule is CCCCC(CC)COC(=O)CCn1ccnc1. The van der Waals surface area contributed by atoms with Crippen LogP contribution in [0.2, 0.25) is 0 Å². The van der Waals surface area contributed by atoms with Crippen LogP contribution >= 0.6 is 0 Å². The highest BCUT2D eigenvalue weighted by Gasteiger charge is 2.09. The zero-order chi connectivity index (χ0) is 13.2. The Labute approximate surface area is 109 Å². The Hall–Kier alpha value is -1.32. The minimum absolute atomic E-state index is 0.112. The zero-order valence-electron chi connectivity index (χ0n) is 11.5. The topological polar surface area (TPSA) is 44.1 Å². The molecule has 0 spiro atoms. The first-order valence-electron chi connectivity index (χ1n) is 6.87. The molecule has 0 saturated carbocycles. The molecule has 1 unspecified atom stereocenters. The van der Waals surface area contributed by atoms with E-state index in [-0.39, 0.29) is 5.97 Å².